The molecule has 1 aromatic carbocycles. The van der Waals surface area contributed by atoms with Gasteiger partial charge in [-0.1, -0.05) is 50.3 Å². The molecule has 1 aromatic rings. The zero-order chi connectivity index (χ0) is 14.5. The van der Waals surface area contributed by atoms with Crippen molar-refractivity contribution in [2.45, 2.75) is 58.4 Å². The van der Waals surface area contributed by atoms with Crippen molar-refractivity contribution in [2.24, 2.45) is 5.92 Å². The molecule has 20 heavy (non-hydrogen) atoms. The molecular weight excluding hydrogens is 273 g/mol. The molecular formula is C17H25ClFN. The van der Waals surface area contributed by atoms with Crippen LogP contribution in [0.3, 0.4) is 0 Å². The maximum Gasteiger partial charge on any atom is 0.127 e. The van der Waals surface area contributed by atoms with Crippen LogP contribution in [0.4, 0.5) is 4.39 Å². The van der Waals surface area contributed by atoms with E-state index in [0.29, 0.717) is 10.6 Å². The quantitative estimate of drug-likeness (QED) is 0.740. The third kappa shape index (κ3) is 3.95. The minimum absolute atomic E-state index is 0.214. The Hall–Kier alpha value is -0.600. The molecule has 1 aliphatic rings. The molecule has 1 fully saturated rings. The molecule has 1 unspecified atom stereocenters. The highest BCUT2D eigenvalue weighted by Crippen LogP contribution is 2.35. The van der Waals surface area contributed by atoms with Gasteiger partial charge in [-0.05, 0) is 49.4 Å². The van der Waals surface area contributed by atoms with Gasteiger partial charge in [0.25, 0.3) is 0 Å². The number of hydrogen-bond donors (Lipinski definition) is 1. The van der Waals surface area contributed by atoms with E-state index in [1.165, 1.54) is 31.7 Å². The van der Waals surface area contributed by atoms with E-state index < -0.39 is 0 Å². The van der Waals surface area contributed by atoms with Crippen LogP contribution in [0.5, 0.6) is 0 Å². The van der Waals surface area contributed by atoms with E-state index in [-0.39, 0.29) is 11.9 Å². The maximum atomic E-state index is 13.6. The zero-order valence-electron chi connectivity index (χ0n) is 12.5. The van der Waals surface area contributed by atoms with Crippen molar-refractivity contribution in [2.75, 3.05) is 6.54 Å². The van der Waals surface area contributed by atoms with Gasteiger partial charge in [-0.25, -0.2) is 4.39 Å². The van der Waals surface area contributed by atoms with Crippen LogP contribution in [0.2, 0.25) is 5.02 Å². The summed E-state index contributed by atoms with van der Waals surface area (Å²) in [5.41, 5.74) is 1.74. The monoisotopic (exact) mass is 297 g/mol. The lowest BCUT2D eigenvalue weighted by atomic mass is 9.92. The minimum atomic E-state index is -0.214. The topological polar surface area (TPSA) is 12.0 Å². The number of hydrogen-bond acceptors (Lipinski definition) is 1. The number of rotatable bonds is 6. The number of benzene rings is 1. The summed E-state index contributed by atoms with van der Waals surface area (Å²) in [5.74, 6) is 0.569. The Kier molecular flexibility index (Phi) is 5.86. The van der Waals surface area contributed by atoms with Gasteiger partial charge in [0.15, 0.2) is 0 Å². The normalized spacial score (nSPS) is 17.6. The molecule has 0 saturated heterocycles. The first-order chi connectivity index (χ1) is 9.61. The van der Waals surface area contributed by atoms with E-state index in [4.69, 9.17) is 11.6 Å². The summed E-state index contributed by atoms with van der Waals surface area (Å²) in [6, 6.07) is 3.63. The molecule has 1 saturated carbocycles. The van der Waals surface area contributed by atoms with Gasteiger partial charge >= 0.3 is 0 Å². The van der Waals surface area contributed by atoms with Gasteiger partial charge in [0.05, 0.1) is 0 Å². The molecule has 1 atom stereocenters. The standard InChI is InChI=1S/C17H25ClFN/c1-3-8-20-17(10-13-6-4-5-7-13)14-9-12(2)16(19)11-15(14)18/h9,11,13,17,20H,3-8,10H2,1-2H3. The van der Waals surface area contributed by atoms with Crippen LogP contribution in [0.1, 0.15) is 62.6 Å². The van der Waals surface area contributed by atoms with Crippen molar-refractivity contribution >= 4 is 11.6 Å². The van der Waals surface area contributed by atoms with Crippen LogP contribution in [0.15, 0.2) is 12.1 Å². The summed E-state index contributed by atoms with van der Waals surface area (Å²) in [5, 5.41) is 4.15. The molecule has 1 N–H and O–H groups in total. The van der Waals surface area contributed by atoms with E-state index in [0.717, 1.165) is 30.9 Å². The maximum absolute atomic E-state index is 13.6. The Morgan fingerprint density at radius 3 is 2.70 bits per heavy atom. The molecule has 0 heterocycles. The molecule has 0 amide bonds. The largest absolute Gasteiger partial charge is 0.310 e. The lowest BCUT2D eigenvalue weighted by Crippen LogP contribution is -2.24. The second-order valence-electron chi connectivity index (χ2n) is 6.02. The van der Waals surface area contributed by atoms with Crippen LogP contribution in [-0.4, -0.2) is 6.54 Å². The summed E-state index contributed by atoms with van der Waals surface area (Å²) in [6.07, 6.45) is 7.55. The van der Waals surface area contributed by atoms with E-state index in [2.05, 4.69) is 12.2 Å². The highest BCUT2D eigenvalue weighted by molar-refractivity contribution is 6.31. The Bertz CT molecular complexity index is 441. The van der Waals surface area contributed by atoms with Gasteiger partial charge in [0, 0.05) is 11.1 Å². The van der Waals surface area contributed by atoms with Crippen LogP contribution in [0.25, 0.3) is 0 Å². The number of aryl methyl sites for hydroxylation is 1. The third-order valence-corrected chi connectivity index (χ3v) is 4.67. The first-order valence-corrected chi connectivity index (χ1v) is 8.18. The predicted octanol–water partition coefficient (Wildman–Crippen LogP) is 5.41. The smallest absolute Gasteiger partial charge is 0.127 e. The molecule has 0 bridgehead atoms. The van der Waals surface area contributed by atoms with Gasteiger partial charge in [-0.2, -0.15) is 0 Å². The van der Waals surface area contributed by atoms with Crippen LogP contribution in [0, 0.1) is 18.7 Å². The van der Waals surface area contributed by atoms with E-state index >= 15 is 0 Å². The van der Waals surface area contributed by atoms with Crippen LogP contribution in [-0.2, 0) is 0 Å². The molecule has 1 nitrogen and oxygen atoms in total. The SMILES string of the molecule is CCCNC(CC1CCCC1)c1cc(C)c(F)cc1Cl. The summed E-state index contributed by atoms with van der Waals surface area (Å²) in [7, 11) is 0. The van der Waals surface area contributed by atoms with Crippen molar-refractivity contribution < 1.29 is 4.39 Å². The van der Waals surface area contributed by atoms with E-state index in [1.54, 1.807) is 0 Å². The fraction of sp³-hybridized carbons (Fsp3) is 0.647. The molecule has 0 aromatic heterocycles. The molecule has 0 spiro atoms. The highest BCUT2D eigenvalue weighted by atomic mass is 35.5. The van der Waals surface area contributed by atoms with Crippen molar-refractivity contribution in [1.82, 2.24) is 5.32 Å². The number of nitrogens with one attached hydrogen (secondary N) is 1. The van der Waals surface area contributed by atoms with Crippen LogP contribution >= 0.6 is 11.6 Å². The molecule has 0 radical (unpaired) electrons. The fourth-order valence-electron chi connectivity index (χ4n) is 3.16. The first kappa shape index (κ1) is 15.8. The Labute approximate surface area is 126 Å². The second-order valence-corrected chi connectivity index (χ2v) is 6.42. The second kappa shape index (κ2) is 7.42. The predicted molar refractivity (Wildman–Crippen MR) is 83.8 cm³/mol. The minimum Gasteiger partial charge on any atom is -0.310 e. The summed E-state index contributed by atoms with van der Waals surface area (Å²) in [4.78, 5) is 0. The van der Waals surface area contributed by atoms with Crippen LogP contribution < -0.4 is 5.32 Å². The molecule has 0 aliphatic heterocycles. The number of halogens is 2. The first-order valence-electron chi connectivity index (χ1n) is 7.80. The molecule has 2 rings (SSSR count). The summed E-state index contributed by atoms with van der Waals surface area (Å²) >= 11 is 6.28. The average Bonchev–Trinajstić information content (AvgIpc) is 2.92. The van der Waals surface area contributed by atoms with Gasteiger partial charge < -0.3 is 5.32 Å². The fourth-order valence-corrected chi connectivity index (χ4v) is 3.45. The Morgan fingerprint density at radius 1 is 1.35 bits per heavy atom. The van der Waals surface area contributed by atoms with E-state index in [9.17, 15) is 4.39 Å². The zero-order valence-corrected chi connectivity index (χ0v) is 13.3. The van der Waals surface area contributed by atoms with Gasteiger partial charge in [0.2, 0.25) is 0 Å². The van der Waals surface area contributed by atoms with Crippen molar-refractivity contribution in [1.29, 1.82) is 0 Å². The van der Waals surface area contributed by atoms with E-state index in [1.807, 2.05) is 13.0 Å². The van der Waals surface area contributed by atoms with Crippen molar-refractivity contribution in [3.63, 3.8) is 0 Å². The summed E-state index contributed by atoms with van der Waals surface area (Å²) in [6.45, 7) is 4.95. The average molecular weight is 298 g/mol. The lowest BCUT2D eigenvalue weighted by molar-refractivity contribution is 0.395. The van der Waals surface area contributed by atoms with Gasteiger partial charge in [0.1, 0.15) is 5.82 Å². The third-order valence-electron chi connectivity index (χ3n) is 4.34. The molecule has 3 heteroatoms. The van der Waals surface area contributed by atoms with Crippen molar-refractivity contribution in [3.8, 4) is 0 Å². The molecule has 1 aliphatic carbocycles. The summed E-state index contributed by atoms with van der Waals surface area (Å²) < 4.78 is 13.6. The van der Waals surface area contributed by atoms with Gasteiger partial charge in [-0.15, -0.1) is 0 Å². The Morgan fingerprint density at radius 2 is 2.05 bits per heavy atom. The Balaban J connectivity index is 2.18. The highest BCUT2D eigenvalue weighted by Gasteiger charge is 2.23. The van der Waals surface area contributed by atoms with Crippen molar-refractivity contribution in [3.05, 3.63) is 34.1 Å². The lowest BCUT2D eigenvalue weighted by Gasteiger charge is -2.24. The van der Waals surface area contributed by atoms with Gasteiger partial charge in [-0.3, -0.25) is 0 Å². The molecule has 112 valence electrons.